The SMILES string of the molecule is Cc1cc(-c2ccc3ccccc3c2)cc(-c2cccc3ccccc23)c1.Cc1cc(-c2ccccc2)cc(-c2ccc3ccccc3c2)c1.Cc1cc(-c2ccccc2)cc(-c2cccc3ccccc23)c1.Cc1ccc2c(c1)C(C)(C)c1ccccc1-2.Cc1ccc2c(c1)C(c1ccccc1)(c1ccccc1)c1ccccc1-2.Cc1cccc(-c2ccc3ccccc3c2)c1. The highest BCUT2D eigenvalue weighted by atomic mass is 14.5. The Morgan fingerprint density at radius 3 is 0.864 bits per heavy atom. The Morgan fingerprint density at radius 2 is 0.417 bits per heavy atom. The van der Waals surface area contributed by atoms with Gasteiger partial charge >= 0.3 is 0 Å². The van der Waals surface area contributed by atoms with Gasteiger partial charge in [0.05, 0.1) is 5.41 Å². The number of hydrogen-bond donors (Lipinski definition) is 0. The van der Waals surface area contributed by atoms with Crippen LogP contribution in [0.5, 0.6) is 0 Å². The van der Waals surface area contributed by atoms with E-state index in [9.17, 15) is 0 Å². The summed E-state index contributed by atoms with van der Waals surface area (Å²) in [5.41, 5.74) is 39.4. The summed E-state index contributed by atoms with van der Waals surface area (Å²) >= 11 is 0. The van der Waals surface area contributed by atoms with Gasteiger partial charge in [-0.2, -0.15) is 0 Å². The fourth-order valence-corrected chi connectivity index (χ4v) is 19.9. The first-order chi connectivity index (χ1) is 64.6. The highest BCUT2D eigenvalue weighted by Gasteiger charge is 2.46. The van der Waals surface area contributed by atoms with E-state index in [1.165, 1.54) is 221 Å². The van der Waals surface area contributed by atoms with Gasteiger partial charge in [0.1, 0.15) is 0 Å². The molecular formula is C132H106. The molecule has 132 heavy (non-hydrogen) atoms. The second-order valence-corrected chi connectivity index (χ2v) is 35.9. The molecule has 24 rings (SSSR count). The van der Waals surface area contributed by atoms with Gasteiger partial charge in [-0.3, -0.25) is 0 Å². The van der Waals surface area contributed by atoms with Crippen LogP contribution in [0.2, 0.25) is 0 Å². The van der Waals surface area contributed by atoms with Crippen LogP contribution in [0.25, 0.3) is 154 Å². The molecule has 22 aromatic rings. The number of fused-ring (bicyclic) bond motifs is 11. The van der Waals surface area contributed by atoms with E-state index in [2.05, 4.69) is 553 Å². The molecule has 0 saturated carbocycles. The molecule has 2 aliphatic rings. The minimum absolute atomic E-state index is 0.151. The van der Waals surface area contributed by atoms with Crippen LogP contribution in [-0.2, 0) is 10.8 Å². The quantitative estimate of drug-likeness (QED) is 0.135. The van der Waals surface area contributed by atoms with Gasteiger partial charge in [0, 0.05) is 5.41 Å². The van der Waals surface area contributed by atoms with Gasteiger partial charge in [-0.15, -0.1) is 0 Å². The summed E-state index contributed by atoms with van der Waals surface area (Å²) in [5, 5.41) is 12.9. The van der Waals surface area contributed by atoms with Crippen molar-refractivity contribution in [1.82, 2.24) is 0 Å². The average Bonchev–Trinajstić information content (AvgIpc) is 1.53. The third-order valence-corrected chi connectivity index (χ3v) is 26.3. The topological polar surface area (TPSA) is 0 Å². The van der Waals surface area contributed by atoms with E-state index in [1.807, 2.05) is 0 Å². The van der Waals surface area contributed by atoms with E-state index in [-0.39, 0.29) is 10.8 Å². The van der Waals surface area contributed by atoms with E-state index in [0.29, 0.717) is 0 Å². The summed E-state index contributed by atoms with van der Waals surface area (Å²) in [4.78, 5) is 0. The molecule has 0 unspecified atom stereocenters. The molecule has 2 aliphatic carbocycles. The van der Waals surface area contributed by atoms with Gasteiger partial charge in [0.15, 0.2) is 0 Å². The molecule has 0 heteroatoms. The standard InChI is InChI=1S/C27H20.C26H20.2C23H18.C17H14.C16H16/c1-19-15-24(23-14-13-20-7-2-3-9-22(20)17-23)18-25(16-19)27-12-6-10-21-8-4-5-11-26(21)27;1-19-16-17-23-22-14-8-9-15-24(22)26(25(23)18-19,20-10-4-2-5-11-20)21-12-6-3-7-13-21;1-17-14-20(18-8-3-2-4-9-18)16-21(15-17)23-13-7-11-19-10-5-6-12-22(19)23;1-17-13-22(18-7-3-2-4-8-18)16-23(14-17)21-12-11-19-9-5-6-10-20(19)15-21;1-13-5-4-8-15(11-13)17-10-9-14-6-2-3-7-16(14)12-17;1-11-8-9-13-12-6-4-5-7-14(12)16(2,3)15(13)10-11/h2-18H,1H3;2-18H,1H3;2*2-16H,1H3;2-12H,1H3;4-10H,1-3H3. The van der Waals surface area contributed by atoms with Crippen molar-refractivity contribution in [2.75, 3.05) is 0 Å². The van der Waals surface area contributed by atoms with E-state index in [1.54, 1.807) is 0 Å². The van der Waals surface area contributed by atoms with Crippen LogP contribution in [0.3, 0.4) is 0 Å². The lowest BCUT2D eigenvalue weighted by Gasteiger charge is -2.34. The minimum Gasteiger partial charge on any atom is -0.0622 e. The Bertz CT molecular complexity index is 7850. The number of aryl methyl sites for hydroxylation is 6. The third kappa shape index (κ3) is 18.1. The maximum atomic E-state index is 2.37. The summed E-state index contributed by atoms with van der Waals surface area (Å²) in [6.45, 7) is 17.6. The lowest BCUT2D eigenvalue weighted by Crippen LogP contribution is -2.28. The van der Waals surface area contributed by atoms with E-state index < -0.39 is 0 Å². The van der Waals surface area contributed by atoms with Crippen LogP contribution in [-0.4, -0.2) is 0 Å². The Kier molecular flexibility index (Phi) is 24.8. The predicted molar refractivity (Wildman–Crippen MR) is 568 cm³/mol. The van der Waals surface area contributed by atoms with Gasteiger partial charge in [0.25, 0.3) is 0 Å². The number of benzene rings is 22. The van der Waals surface area contributed by atoms with Crippen LogP contribution in [0, 0.1) is 41.5 Å². The molecule has 0 N–H and O–H groups in total. The molecule has 0 bridgehead atoms. The summed E-state index contributed by atoms with van der Waals surface area (Å²) in [6.07, 6.45) is 0. The maximum Gasteiger partial charge on any atom is 0.0713 e. The summed E-state index contributed by atoms with van der Waals surface area (Å²) in [7, 11) is 0. The van der Waals surface area contributed by atoms with Crippen LogP contribution in [0.15, 0.2) is 497 Å². The lowest BCUT2D eigenvalue weighted by molar-refractivity contribution is 0.660. The van der Waals surface area contributed by atoms with Gasteiger partial charge in [-0.05, 0) is 282 Å². The van der Waals surface area contributed by atoms with Crippen LogP contribution >= 0.6 is 0 Å². The average molecular weight is 1690 g/mol. The first-order valence-electron chi connectivity index (χ1n) is 46.1. The van der Waals surface area contributed by atoms with Crippen molar-refractivity contribution in [3.8, 4) is 100 Å². The monoisotopic (exact) mass is 1690 g/mol. The van der Waals surface area contributed by atoms with Crippen molar-refractivity contribution >= 4 is 53.9 Å². The van der Waals surface area contributed by atoms with Crippen LogP contribution < -0.4 is 0 Å². The zero-order valence-electron chi connectivity index (χ0n) is 76.3. The van der Waals surface area contributed by atoms with Gasteiger partial charge in [-0.1, -0.05) is 492 Å². The Balaban J connectivity index is 0.000000103. The Morgan fingerprint density at radius 1 is 0.136 bits per heavy atom. The Hall–Kier alpha value is -15.9. The van der Waals surface area contributed by atoms with Gasteiger partial charge in [-0.25, -0.2) is 0 Å². The summed E-state index contributed by atoms with van der Waals surface area (Å²) in [6, 6.07) is 179. The molecule has 0 atom stereocenters. The minimum atomic E-state index is -0.263. The molecule has 0 saturated heterocycles. The zero-order valence-corrected chi connectivity index (χ0v) is 76.3. The first kappa shape index (κ1) is 85.6. The largest absolute Gasteiger partial charge is 0.0713 e. The highest BCUT2D eigenvalue weighted by molar-refractivity contribution is 6.00. The van der Waals surface area contributed by atoms with E-state index in [4.69, 9.17) is 0 Å². The maximum absolute atomic E-state index is 2.37. The lowest BCUT2D eigenvalue weighted by atomic mass is 9.67. The Labute approximate surface area is 778 Å². The first-order valence-corrected chi connectivity index (χ1v) is 46.1. The van der Waals surface area contributed by atoms with Crippen LogP contribution in [0.4, 0.5) is 0 Å². The number of rotatable bonds is 9. The van der Waals surface area contributed by atoms with Crippen LogP contribution in [0.1, 0.15) is 80.6 Å². The molecule has 0 fully saturated rings. The molecule has 0 spiro atoms. The van der Waals surface area contributed by atoms with Crippen molar-refractivity contribution in [1.29, 1.82) is 0 Å². The molecular weight excluding hydrogens is 1590 g/mol. The van der Waals surface area contributed by atoms with Crippen molar-refractivity contribution in [3.05, 3.63) is 564 Å². The molecule has 0 aliphatic heterocycles. The fourth-order valence-electron chi connectivity index (χ4n) is 19.9. The molecule has 0 heterocycles. The van der Waals surface area contributed by atoms with Crippen molar-refractivity contribution in [2.24, 2.45) is 0 Å². The van der Waals surface area contributed by atoms with Crippen molar-refractivity contribution in [3.63, 3.8) is 0 Å². The third-order valence-electron chi connectivity index (χ3n) is 26.3. The predicted octanol–water partition coefficient (Wildman–Crippen LogP) is 36.1. The van der Waals surface area contributed by atoms with Crippen molar-refractivity contribution in [2.45, 2.75) is 66.2 Å². The fraction of sp³-hybridized carbons (Fsp3) is 0.0758. The zero-order chi connectivity index (χ0) is 90.1. The van der Waals surface area contributed by atoms with Crippen molar-refractivity contribution < 1.29 is 0 Å². The highest BCUT2D eigenvalue weighted by Crippen LogP contribution is 2.57. The van der Waals surface area contributed by atoms with Gasteiger partial charge in [0.2, 0.25) is 0 Å². The summed E-state index contributed by atoms with van der Waals surface area (Å²) in [5.74, 6) is 0. The van der Waals surface area contributed by atoms with E-state index in [0.717, 1.165) is 0 Å². The molecule has 0 aromatic heterocycles. The normalized spacial score (nSPS) is 12.1. The molecule has 634 valence electrons. The summed E-state index contributed by atoms with van der Waals surface area (Å²) < 4.78 is 0. The van der Waals surface area contributed by atoms with Gasteiger partial charge < -0.3 is 0 Å². The molecule has 22 aromatic carbocycles. The smallest absolute Gasteiger partial charge is 0.0622 e. The second kappa shape index (κ2) is 38.2. The molecule has 0 amide bonds. The van der Waals surface area contributed by atoms with E-state index >= 15 is 0 Å². The molecule has 0 radical (unpaired) electrons. The number of hydrogen-bond acceptors (Lipinski definition) is 0. The molecule has 0 nitrogen and oxygen atoms in total. The second-order valence-electron chi connectivity index (χ2n) is 35.9.